The molecule has 7 atom stereocenters. The quantitative estimate of drug-likeness (QED) is 0.173. The second-order valence-corrected chi connectivity index (χ2v) is 15.0. The van der Waals surface area contributed by atoms with Crippen molar-refractivity contribution in [2.45, 2.75) is 111 Å². The molecule has 4 nitrogen and oxygen atoms in total. The van der Waals surface area contributed by atoms with Crippen molar-refractivity contribution in [2.24, 2.45) is 40.4 Å². The third kappa shape index (κ3) is 5.55. The molecule has 0 saturated heterocycles. The fourth-order valence-corrected chi connectivity index (χ4v) is 10.0. The van der Waals surface area contributed by atoms with Crippen LogP contribution in [0.1, 0.15) is 105 Å². The van der Waals surface area contributed by atoms with Gasteiger partial charge in [-0.15, -0.1) is 0 Å². The largest absolute Gasteiger partial charge is 0.506 e. The molecular weight excluding hydrogens is 504 g/mol. The van der Waals surface area contributed by atoms with E-state index in [0.717, 1.165) is 53.6 Å². The summed E-state index contributed by atoms with van der Waals surface area (Å²) in [5.41, 5.74) is 4.33. The van der Waals surface area contributed by atoms with Crippen LogP contribution in [-0.4, -0.2) is 29.3 Å². The number of ether oxygens (including phenoxy) is 1. The number of aromatic nitrogens is 1. The van der Waals surface area contributed by atoms with Crippen molar-refractivity contribution in [3.63, 3.8) is 0 Å². The summed E-state index contributed by atoms with van der Waals surface area (Å²) in [4.78, 5) is 4.33. The maximum Gasteiger partial charge on any atom is 0.141 e. The Balaban J connectivity index is 1.03. The lowest BCUT2D eigenvalue weighted by Gasteiger charge is -2.58. The van der Waals surface area contributed by atoms with Gasteiger partial charge in [0.25, 0.3) is 0 Å². The summed E-state index contributed by atoms with van der Waals surface area (Å²) >= 11 is 0. The van der Waals surface area contributed by atoms with Crippen LogP contribution in [0.25, 0.3) is 10.9 Å². The molecule has 2 N–H and O–H groups in total. The standard InChI is InChI=1S/C37H54N2O2/c1-25(2)8-5-6-9-26-12-14-31-29-13-11-27-24-28(17-19-37(27,4)32(29)18-20-36(26,31)3)41-23-22-38-33-15-16-34(40)35-30(33)10-7-21-39-35/h7,10-11,15-16,21,25-26,28-29,31-32,38,40H,5-6,8-9,12-14,17-20,22-24H2,1-4H3/t26-,28?,29?,31?,32?,36?,37?/m0/s1. The Morgan fingerprint density at radius 2 is 1.93 bits per heavy atom. The maximum atomic E-state index is 10.1. The summed E-state index contributed by atoms with van der Waals surface area (Å²) in [5.74, 6) is 4.76. The van der Waals surface area contributed by atoms with Crippen molar-refractivity contribution in [3.05, 3.63) is 42.1 Å². The highest BCUT2D eigenvalue weighted by atomic mass is 16.5. The fraction of sp³-hybridized carbons (Fsp3) is 0.703. The summed E-state index contributed by atoms with van der Waals surface area (Å²) in [6, 6.07) is 7.57. The van der Waals surface area contributed by atoms with E-state index in [1.165, 1.54) is 70.6 Å². The maximum absolute atomic E-state index is 10.1. The molecule has 1 aromatic carbocycles. The van der Waals surface area contributed by atoms with Crippen LogP contribution < -0.4 is 5.32 Å². The van der Waals surface area contributed by atoms with Crippen molar-refractivity contribution < 1.29 is 9.84 Å². The Kier molecular flexibility index (Phi) is 8.42. The van der Waals surface area contributed by atoms with Gasteiger partial charge in [0.1, 0.15) is 11.3 Å². The van der Waals surface area contributed by atoms with E-state index in [9.17, 15) is 5.11 Å². The molecule has 0 bridgehead atoms. The number of aromatic hydroxyl groups is 1. The van der Waals surface area contributed by atoms with Gasteiger partial charge in [-0.2, -0.15) is 0 Å². The molecule has 4 aliphatic rings. The predicted octanol–water partition coefficient (Wildman–Crippen LogP) is 9.53. The van der Waals surface area contributed by atoms with Crippen LogP contribution in [0.15, 0.2) is 42.1 Å². The molecule has 2 aromatic rings. The summed E-state index contributed by atoms with van der Waals surface area (Å²) in [6.07, 6.45) is 21.3. The number of nitrogens with one attached hydrogen (secondary N) is 1. The van der Waals surface area contributed by atoms with Gasteiger partial charge < -0.3 is 15.2 Å². The third-order valence-corrected chi connectivity index (χ3v) is 12.4. The molecule has 1 heterocycles. The first kappa shape index (κ1) is 29.0. The van der Waals surface area contributed by atoms with Crippen molar-refractivity contribution in [1.29, 1.82) is 0 Å². The second kappa shape index (κ2) is 11.9. The number of phenolic OH excluding ortho intramolecular Hbond substituents is 1. The lowest BCUT2D eigenvalue weighted by molar-refractivity contribution is -0.0579. The van der Waals surface area contributed by atoms with E-state index in [1.54, 1.807) is 17.8 Å². The van der Waals surface area contributed by atoms with Gasteiger partial charge in [-0.3, -0.25) is 4.98 Å². The molecule has 6 rings (SSSR count). The molecule has 41 heavy (non-hydrogen) atoms. The average molecular weight is 559 g/mol. The van der Waals surface area contributed by atoms with Gasteiger partial charge in [-0.05, 0) is 122 Å². The van der Waals surface area contributed by atoms with E-state index in [-0.39, 0.29) is 5.75 Å². The fourth-order valence-electron chi connectivity index (χ4n) is 10.0. The van der Waals surface area contributed by atoms with Crippen LogP contribution in [0.5, 0.6) is 5.75 Å². The number of allylic oxidation sites excluding steroid dienone is 1. The SMILES string of the molecule is CC(C)CCCC[C@H]1CCC2C3CC=C4CC(OCCNc5ccc(O)c6ncccc56)CCC4(C)C3CCC21C. The van der Waals surface area contributed by atoms with Gasteiger partial charge in [0.2, 0.25) is 0 Å². The number of unbranched alkanes of at least 4 members (excludes halogenated alkanes) is 1. The molecule has 0 aliphatic heterocycles. The van der Waals surface area contributed by atoms with Crippen LogP contribution >= 0.6 is 0 Å². The van der Waals surface area contributed by atoms with Crippen LogP contribution in [0, 0.1) is 40.4 Å². The number of anilines is 1. The van der Waals surface area contributed by atoms with Crippen LogP contribution in [-0.2, 0) is 4.74 Å². The third-order valence-electron chi connectivity index (χ3n) is 12.4. The smallest absolute Gasteiger partial charge is 0.141 e. The number of pyridine rings is 1. The van der Waals surface area contributed by atoms with E-state index < -0.39 is 0 Å². The number of nitrogens with zero attached hydrogens (tertiary/aromatic N) is 1. The van der Waals surface area contributed by atoms with Crippen LogP contribution in [0.3, 0.4) is 0 Å². The van der Waals surface area contributed by atoms with Crippen molar-refractivity contribution in [2.75, 3.05) is 18.5 Å². The van der Waals surface area contributed by atoms with E-state index in [2.05, 4.69) is 44.1 Å². The van der Waals surface area contributed by atoms with E-state index >= 15 is 0 Å². The number of hydrogen-bond donors (Lipinski definition) is 2. The zero-order chi connectivity index (χ0) is 28.6. The first-order valence-electron chi connectivity index (χ1n) is 16.9. The van der Waals surface area contributed by atoms with Gasteiger partial charge in [-0.25, -0.2) is 0 Å². The number of benzene rings is 1. The van der Waals surface area contributed by atoms with Crippen molar-refractivity contribution >= 4 is 16.6 Å². The molecule has 224 valence electrons. The van der Waals surface area contributed by atoms with Gasteiger partial charge in [0, 0.05) is 23.8 Å². The number of hydrogen-bond acceptors (Lipinski definition) is 4. The Labute approximate surface area is 248 Å². The molecule has 3 saturated carbocycles. The van der Waals surface area contributed by atoms with E-state index in [1.807, 2.05) is 18.2 Å². The van der Waals surface area contributed by atoms with Gasteiger partial charge in [0.15, 0.2) is 0 Å². The van der Waals surface area contributed by atoms with Gasteiger partial charge >= 0.3 is 0 Å². The van der Waals surface area contributed by atoms with Crippen molar-refractivity contribution in [3.8, 4) is 5.75 Å². The number of phenols is 1. The summed E-state index contributed by atoms with van der Waals surface area (Å²) in [7, 11) is 0. The monoisotopic (exact) mass is 558 g/mol. The minimum absolute atomic E-state index is 0.225. The molecular formula is C37H54N2O2. The topological polar surface area (TPSA) is 54.4 Å². The number of rotatable bonds is 10. The molecule has 6 unspecified atom stereocenters. The number of fused-ring (bicyclic) bond motifs is 6. The zero-order valence-electron chi connectivity index (χ0n) is 26.1. The predicted molar refractivity (Wildman–Crippen MR) is 170 cm³/mol. The first-order valence-corrected chi connectivity index (χ1v) is 16.9. The Morgan fingerprint density at radius 3 is 2.78 bits per heavy atom. The minimum Gasteiger partial charge on any atom is -0.506 e. The summed E-state index contributed by atoms with van der Waals surface area (Å²) < 4.78 is 6.46. The highest BCUT2D eigenvalue weighted by Crippen LogP contribution is 2.66. The Hall–Kier alpha value is -2.07. The average Bonchev–Trinajstić information content (AvgIpc) is 3.30. The molecule has 0 radical (unpaired) electrons. The molecule has 4 aliphatic carbocycles. The second-order valence-electron chi connectivity index (χ2n) is 15.0. The zero-order valence-corrected chi connectivity index (χ0v) is 26.1. The lowest BCUT2D eigenvalue weighted by atomic mass is 9.47. The van der Waals surface area contributed by atoms with Crippen LogP contribution in [0.4, 0.5) is 5.69 Å². The van der Waals surface area contributed by atoms with Gasteiger partial charge in [0.05, 0.1) is 12.7 Å². The molecule has 3 fully saturated rings. The van der Waals surface area contributed by atoms with Crippen LogP contribution in [0.2, 0.25) is 0 Å². The molecule has 0 amide bonds. The van der Waals surface area contributed by atoms with Gasteiger partial charge in [-0.1, -0.05) is 58.6 Å². The first-order chi connectivity index (χ1) is 19.8. The van der Waals surface area contributed by atoms with Crippen molar-refractivity contribution in [1.82, 2.24) is 4.98 Å². The lowest BCUT2D eigenvalue weighted by Crippen LogP contribution is -2.50. The Morgan fingerprint density at radius 1 is 1.05 bits per heavy atom. The normalized spacial score (nSPS) is 34.7. The molecule has 4 heteroatoms. The Bertz CT molecular complexity index is 1240. The van der Waals surface area contributed by atoms with E-state index in [0.29, 0.717) is 29.1 Å². The molecule has 1 aromatic heterocycles. The summed E-state index contributed by atoms with van der Waals surface area (Å²) in [5, 5.41) is 14.6. The highest BCUT2D eigenvalue weighted by Gasteiger charge is 2.58. The molecule has 0 spiro atoms. The van der Waals surface area contributed by atoms with E-state index in [4.69, 9.17) is 4.74 Å². The summed E-state index contributed by atoms with van der Waals surface area (Å²) in [6.45, 7) is 11.5. The minimum atomic E-state index is 0.225. The highest BCUT2D eigenvalue weighted by molar-refractivity contribution is 5.94.